The molecule has 3 aromatic rings. The van der Waals surface area contributed by atoms with Crippen molar-refractivity contribution in [1.29, 1.82) is 0 Å². The third-order valence-electron chi connectivity index (χ3n) is 5.92. The molecule has 2 aromatic heterocycles. The summed E-state index contributed by atoms with van der Waals surface area (Å²) in [4.78, 5) is 17.8. The number of thiophene rings is 1. The van der Waals surface area contributed by atoms with E-state index in [0.717, 1.165) is 55.0 Å². The van der Waals surface area contributed by atoms with Crippen LogP contribution in [0.5, 0.6) is 0 Å². The predicted octanol–water partition coefficient (Wildman–Crippen LogP) is 3.98. The van der Waals surface area contributed by atoms with Crippen LogP contribution in [0, 0.1) is 0 Å². The molecule has 1 aromatic carbocycles. The van der Waals surface area contributed by atoms with Crippen molar-refractivity contribution in [2.45, 2.75) is 43.5 Å². The number of nitrogens with zero attached hydrogens (tertiary/aromatic N) is 3. The van der Waals surface area contributed by atoms with Gasteiger partial charge < -0.3 is 9.88 Å². The van der Waals surface area contributed by atoms with Crippen LogP contribution >= 0.6 is 11.3 Å². The van der Waals surface area contributed by atoms with Gasteiger partial charge in [0.05, 0.1) is 0 Å². The van der Waals surface area contributed by atoms with E-state index in [1.54, 1.807) is 5.38 Å². The average molecular weight is 457 g/mol. The Labute approximate surface area is 185 Å². The van der Waals surface area contributed by atoms with Crippen LogP contribution in [0.2, 0.25) is 0 Å². The second-order valence-electron chi connectivity index (χ2n) is 7.94. The van der Waals surface area contributed by atoms with Crippen molar-refractivity contribution in [2.24, 2.45) is 0 Å². The van der Waals surface area contributed by atoms with Gasteiger partial charge in [-0.05, 0) is 67.8 Å². The lowest BCUT2D eigenvalue weighted by molar-refractivity contribution is 0.102. The van der Waals surface area contributed by atoms with Crippen molar-refractivity contribution in [1.82, 2.24) is 13.9 Å². The zero-order valence-electron chi connectivity index (χ0n) is 17.1. The fourth-order valence-corrected chi connectivity index (χ4v) is 7.10. The molecule has 31 heavy (non-hydrogen) atoms. The minimum absolute atomic E-state index is 0.0949. The summed E-state index contributed by atoms with van der Waals surface area (Å²) in [5.41, 5.74) is 2.89. The van der Waals surface area contributed by atoms with Crippen LogP contribution < -0.4 is 5.32 Å². The van der Waals surface area contributed by atoms with E-state index in [4.69, 9.17) is 0 Å². The Hall–Kier alpha value is -2.49. The molecule has 0 bridgehead atoms. The quantitative estimate of drug-likeness (QED) is 0.629. The van der Waals surface area contributed by atoms with Crippen molar-refractivity contribution < 1.29 is 13.2 Å². The molecular formula is C22H24N4O3S2. The Kier molecular flexibility index (Phi) is 5.41. The molecule has 0 atom stereocenters. The number of rotatable bonds is 5. The van der Waals surface area contributed by atoms with E-state index in [0.29, 0.717) is 18.8 Å². The number of hydrogen-bond acceptors (Lipinski definition) is 5. The molecule has 5 rings (SSSR count). The van der Waals surface area contributed by atoms with Crippen LogP contribution in [0.15, 0.2) is 46.8 Å². The molecule has 1 amide bonds. The molecular weight excluding hydrogens is 432 g/mol. The molecule has 0 unspecified atom stereocenters. The van der Waals surface area contributed by atoms with Crippen LogP contribution in [0.3, 0.4) is 0 Å². The van der Waals surface area contributed by atoms with Gasteiger partial charge in [-0.15, -0.1) is 11.3 Å². The van der Waals surface area contributed by atoms with E-state index in [1.165, 1.54) is 22.5 Å². The monoisotopic (exact) mass is 456 g/mol. The third-order valence-corrected chi connectivity index (χ3v) is 8.91. The fourth-order valence-electron chi connectivity index (χ4n) is 4.29. The highest BCUT2D eigenvalue weighted by atomic mass is 32.2. The van der Waals surface area contributed by atoms with Crippen molar-refractivity contribution in [2.75, 3.05) is 18.4 Å². The van der Waals surface area contributed by atoms with Crippen LogP contribution in [0.4, 0.5) is 5.69 Å². The predicted molar refractivity (Wildman–Crippen MR) is 121 cm³/mol. The number of aromatic nitrogens is 2. The normalized spacial score (nSPS) is 16.9. The molecule has 0 spiro atoms. The lowest BCUT2D eigenvalue weighted by Crippen LogP contribution is -2.29. The molecule has 1 fully saturated rings. The van der Waals surface area contributed by atoms with Gasteiger partial charge in [0.1, 0.15) is 15.6 Å². The zero-order chi connectivity index (χ0) is 21.4. The summed E-state index contributed by atoms with van der Waals surface area (Å²) in [5, 5.41) is 4.50. The smallest absolute Gasteiger partial charge is 0.267 e. The van der Waals surface area contributed by atoms with Gasteiger partial charge in [-0.3, -0.25) is 4.79 Å². The Morgan fingerprint density at radius 1 is 1.00 bits per heavy atom. The summed E-state index contributed by atoms with van der Waals surface area (Å²) in [6.07, 6.45) is 7.09. The van der Waals surface area contributed by atoms with E-state index < -0.39 is 15.9 Å². The highest BCUT2D eigenvalue weighted by Gasteiger charge is 2.31. The number of carbonyl (C=O) groups is 1. The lowest BCUT2D eigenvalue weighted by Gasteiger charge is -2.17. The number of fused-ring (bicyclic) bond motifs is 1. The second kappa shape index (κ2) is 8.22. The number of imidazole rings is 1. The van der Waals surface area contributed by atoms with E-state index in [-0.39, 0.29) is 9.77 Å². The maximum absolute atomic E-state index is 12.9. The van der Waals surface area contributed by atoms with Gasteiger partial charge >= 0.3 is 0 Å². The molecule has 7 nitrogen and oxygen atoms in total. The fraction of sp³-hybridized carbons (Fsp3) is 0.364. The van der Waals surface area contributed by atoms with E-state index >= 15 is 0 Å². The minimum Gasteiger partial charge on any atom is -0.328 e. The first kappa shape index (κ1) is 20.4. The highest BCUT2D eigenvalue weighted by Crippen LogP contribution is 2.29. The SMILES string of the molecule is O=C(Nc1ccc(-c2ncc3n2CCCC3)cc1)c1sccc1S(=O)(=O)N1CCCC1. The minimum atomic E-state index is -3.64. The van der Waals surface area contributed by atoms with Gasteiger partial charge in [0, 0.05) is 42.8 Å². The first-order valence-electron chi connectivity index (χ1n) is 10.6. The van der Waals surface area contributed by atoms with Gasteiger partial charge in [-0.2, -0.15) is 4.31 Å². The number of nitrogens with one attached hydrogen (secondary N) is 1. The Balaban J connectivity index is 1.34. The van der Waals surface area contributed by atoms with Crippen molar-refractivity contribution in [3.8, 4) is 11.4 Å². The van der Waals surface area contributed by atoms with E-state index in [2.05, 4.69) is 14.9 Å². The molecule has 1 N–H and O–H groups in total. The summed E-state index contributed by atoms with van der Waals surface area (Å²) in [6, 6.07) is 9.07. The number of sulfonamides is 1. The number of amides is 1. The number of anilines is 1. The Morgan fingerprint density at radius 2 is 1.74 bits per heavy atom. The van der Waals surface area contributed by atoms with Crippen molar-refractivity contribution in [3.05, 3.63) is 52.5 Å². The maximum atomic E-state index is 12.9. The highest BCUT2D eigenvalue weighted by molar-refractivity contribution is 7.89. The summed E-state index contributed by atoms with van der Waals surface area (Å²) in [5.74, 6) is 0.545. The first-order valence-corrected chi connectivity index (χ1v) is 12.9. The zero-order valence-corrected chi connectivity index (χ0v) is 18.7. The molecule has 0 radical (unpaired) electrons. The first-order chi connectivity index (χ1) is 15.0. The number of aryl methyl sites for hydroxylation is 1. The summed E-state index contributed by atoms with van der Waals surface area (Å²) in [6.45, 7) is 2.01. The molecule has 1 saturated heterocycles. The van der Waals surface area contributed by atoms with Gasteiger partial charge in [0.25, 0.3) is 5.91 Å². The maximum Gasteiger partial charge on any atom is 0.267 e. The van der Waals surface area contributed by atoms with Gasteiger partial charge in [0.2, 0.25) is 10.0 Å². The van der Waals surface area contributed by atoms with Gasteiger partial charge in [-0.25, -0.2) is 13.4 Å². The average Bonchev–Trinajstić information content (AvgIpc) is 3.55. The van der Waals surface area contributed by atoms with Crippen molar-refractivity contribution >= 4 is 33.0 Å². The number of carbonyl (C=O) groups excluding carboxylic acids is 1. The van der Waals surface area contributed by atoms with Crippen LogP contribution in [-0.4, -0.2) is 41.3 Å². The molecule has 2 aliphatic heterocycles. The Morgan fingerprint density at radius 3 is 2.52 bits per heavy atom. The summed E-state index contributed by atoms with van der Waals surface area (Å²) in [7, 11) is -3.64. The van der Waals surface area contributed by atoms with Gasteiger partial charge in [-0.1, -0.05) is 0 Å². The van der Waals surface area contributed by atoms with E-state index in [1.807, 2.05) is 30.5 Å². The second-order valence-corrected chi connectivity index (χ2v) is 10.8. The summed E-state index contributed by atoms with van der Waals surface area (Å²) >= 11 is 1.15. The van der Waals surface area contributed by atoms with Crippen LogP contribution in [0.25, 0.3) is 11.4 Å². The molecule has 9 heteroatoms. The molecule has 0 aliphatic carbocycles. The van der Waals surface area contributed by atoms with Crippen molar-refractivity contribution in [3.63, 3.8) is 0 Å². The van der Waals surface area contributed by atoms with Gasteiger partial charge in [0.15, 0.2) is 0 Å². The largest absolute Gasteiger partial charge is 0.328 e. The topological polar surface area (TPSA) is 84.3 Å². The molecule has 0 saturated carbocycles. The summed E-state index contributed by atoms with van der Waals surface area (Å²) < 4.78 is 29.5. The van der Waals surface area contributed by atoms with E-state index in [9.17, 15) is 13.2 Å². The Bertz CT molecular complexity index is 1210. The van der Waals surface area contributed by atoms with Crippen LogP contribution in [-0.2, 0) is 23.0 Å². The number of hydrogen-bond donors (Lipinski definition) is 1. The molecule has 2 aliphatic rings. The molecule has 162 valence electrons. The standard InChI is InChI=1S/C22H24N4O3S2/c27-22(20-19(10-14-30-20)31(28,29)25-11-3-4-12-25)24-17-8-6-16(7-9-17)21-23-15-18-5-1-2-13-26(18)21/h6-10,14-15H,1-5,11-13H2,(H,24,27). The number of benzene rings is 1. The lowest BCUT2D eigenvalue weighted by atomic mass is 10.1. The van der Waals surface area contributed by atoms with Crippen LogP contribution in [0.1, 0.15) is 41.0 Å². The third kappa shape index (κ3) is 3.81. The molecule has 4 heterocycles.